The first-order valence-electron chi connectivity index (χ1n) is 5.28. The Morgan fingerprint density at radius 1 is 1.44 bits per heavy atom. The molecule has 16 heavy (non-hydrogen) atoms. The first-order valence-corrected chi connectivity index (χ1v) is 5.28. The van der Waals surface area contributed by atoms with Crippen LogP contribution < -0.4 is 5.73 Å². The van der Waals surface area contributed by atoms with Crippen LogP contribution in [0.5, 0.6) is 0 Å². The lowest BCUT2D eigenvalue weighted by molar-refractivity contribution is 0.781. The summed E-state index contributed by atoms with van der Waals surface area (Å²) in [6, 6.07) is 3.79. The van der Waals surface area contributed by atoms with Crippen molar-refractivity contribution < 1.29 is 0 Å². The van der Waals surface area contributed by atoms with E-state index in [1.165, 1.54) is 0 Å². The van der Waals surface area contributed by atoms with Crippen LogP contribution in [0.4, 0.5) is 0 Å². The van der Waals surface area contributed by atoms with E-state index in [0.717, 1.165) is 17.1 Å². The van der Waals surface area contributed by atoms with E-state index < -0.39 is 0 Å². The first kappa shape index (κ1) is 10.8. The number of nitrogens with one attached hydrogen (secondary N) is 1. The minimum Gasteiger partial charge on any atom is -0.325 e. The van der Waals surface area contributed by atoms with E-state index in [-0.39, 0.29) is 0 Å². The molecule has 0 unspecified atom stereocenters. The van der Waals surface area contributed by atoms with Crippen LogP contribution in [-0.4, -0.2) is 20.2 Å². The highest BCUT2D eigenvalue weighted by atomic mass is 15.2. The van der Waals surface area contributed by atoms with Crippen molar-refractivity contribution in [3.05, 3.63) is 29.8 Å². The van der Waals surface area contributed by atoms with Gasteiger partial charge in [-0.05, 0) is 12.1 Å². The monoisotopic (exact) mass is 217 g/mol. The Morgan fingerprint density at radius 2 is 2.25 bits per heavy atom. The molecule has 2 aromatic heterocycles. The molecule has 5 heteroatoms. The number of nitrogens with zero attached hydrogens (tertiary/aromatic N) is 3. The third kappa shape index (κ3) is 2.09. The lowest BCUT2D eigenvalue weighted by atomic mass is 10.2. The van der Waals surface area contributed by atoms with Crippen molar-refractivity contribution in [3.8, 4) is 11.4 Å². The van der Waals surface area contributed by atoms with Gasteiger partial charge in [-0.15, -0.1) is 0 Å². The third-order valence-electron chi connectivity index (χ3n) is 2.33. The van der Waals surface area contributed by atoms with Crippen molar-refractivity contribution in [1.29, 1.82) is 0 Å². The molecule has 5 nitrogen and oxygen atoms in total. The van der Waals surface area contributed by atoms with Crippen LogP contribution in [0.25, 0.3) is 11.4 Å². The fraction of sp³-hybridized carbons (Fsp3) is 0.364. The van der Waals surface area contributed by atoms with Crippen LogP contribution >= 0.6 is 0 Å². The highest BCUT2D eigenvalue weighted by Gasteiger charge is 2.08. The summed E-state index contributed by atoms with van der Waals surface area (Å²) in [4.78, 5) is 8.55. The number of pyridine rings is 1. The van der Waals surface area contributed by atoms with Crippen molar-refractivity contribution in [3.63, 3.8) is 0 Å². The maximum Gasteiger partial charge on any atom is 0.181 e. The van der Waals surface area contributed by atoms with E-state index in [1.54, 1.807) is 6.20 Å². The summed E-state index contributed by atoms with van der Waals surface area (Å²) in [6.45, 7) is 4.57. The Labute approximate surface area is 94.1 Å². The maximum absolute atomic E-state index is 5.54. The topological polar surface area (TPSA) is 80.5 Å². The number of hydrogen-bond donors (Lipinski definition) is 2. The van der Waals surface area contributed by atoms with Gasteiger partial charge in [0.2, 0.25) is 0 Å². The van der Waals surface area contributed by atoms with Crippen molar-refractivity contribution >= 4 is 0 Å². The number of hydrogen-bond acceptors (Lipinski definition) is 4. The second-order valence-corrected chi connectivity index (χ2v) is 3.94. The molecule has 0 radical (unpaired) electrons. The van der Waals surface area contributed by atoms with Gasteiger partial charge >= 0.3 is 0 Å². The Balaban J connectivity index is 2.34. The zero-order chi connectivity index (χ0) is 11.5. The summed E-state index contributed by atoms with van der Waals surface area (Å²) < 4.78 is 0. The van der Waals surface area contributed by atoms with Crippen molar-refractivity contribution in [2.24, 2.45) is 5.73 Å². The molecule has 0 atom stereocenters. The summed E-state index contributed by atoms with van der Waals surface area (Å²) in [6.07, 6.45) is 1.73. The van der Waals surface area contributed by atoms with Gasteiger partial charge in [0.1, 0.15) is 5.82 Å². The standard InChI is InChI=1S/C11H15N5/c1-7(2)10-14-11(16-15-10)8-3-4-13-9(5-8)6-12/h3-5,7H,6,12H2,1-2H3,(H,14,15,16). The molecule has 0 spiro atoms. The van der Waals surface area contributed by atoms with Gasteiger partial charge < -0.3 is 5.73 Å². The Hall–Kier alpha value is -1.75. The van der Waals surface area contributed by atoms with Gasteiger partial charge in [-0.2, -0.15) is 5.10 Å². The molecular weight excluding hydrogens is 202 g/mol. The highest BCUT2D eigenvalue weighted by molar-refractivity contribution is 5.54. The summed E-state index contributed by atoms with van der Waals surface area (Å²) in [7, 11) is 0. The molecule has 2 aromatic rings. The van der Waals surface area contributed by atoms with E-state index in [0.29, 0.717) is 18.3 Å². The molecule has 0 aliphatic heterocycles. The molecule has 0 fully saturated rings. The molecule has 3 N–H and O–H groups in total. The van der Waals surface area contributed by atoms with Gasteiger partial charge in [0.15, 0.2) is 5.82 Å². The zero-order valence-electron chi connectivity index (χ0n) is 9.44. The summed E-state index contributed by atoms with van der Waals surface area (Å²) in [5.74, 6) is 1.93. The average molecular weight is 217 g/mol. The fourth-order valence-corrected chi connectivity index (χ4v) is 1.39. The second-order valence-electron chi connectivity index (χ2n) is 3.94. The lowest BCUT2D eigenvalue weighted by Crippen LogP contribution is -1.99. The van der Waals surface area contributed by atoms with Crippen LogP contribution in [0.15, 0.2) is 18.3 Å². The van der Waals surface area contributed by atoms with Crippen LogP contribution in [0, 0.1) is 0 Å². The number of aromatic amines is 1. The van der Waals surface area contributed by atoms with Crippen molar-refractivity contribution in [2.45, 2.75) is 26.3 Å². The molecule has 0 amide bonds. The van der Waals surface area contributed by atoms with E-state index in [1.807, 2.05) is 12.1 Å². The van der Waals surface area contributed by atoms with E-state index in [2.05, 4.69) is 34.0 Å². The van der Waals surface area contributed by atoms with Crippen LogP contribution in [0.3, 0.4) is 0 Å². The van der Waals surface area contributed by atoms with Crippen LogP contribution in [0.1, 0.15) is 31.3 Å². The van der Waals surface area contributed by atoms with E-state index in [9.17, 15) is 0 Å². The van der Waals surface area contributed by atoms with Gasteiger partial charge in [-0.25, -0.2) is 4.98 Å². The predicted octanol–water partition coefficient (Wildman–Crippen LogP) is 1.45. The molecule has 0 aromatic carbocycles. The van der Waals surface area contributed by atoms with Crippen molar-refractivity contribution in [2.75, 3.05) is 0 Å². The fourth-order valence-electron chi connectivity index (χ4n) is 1.39. The number of aromatic nitrogens is 4. The summed E-state index contributed by atoms with van der Waals surface area (Å²) in [5, 5.41) is 7.11. The molecule has 2 rings (SSSR count). The van der Waals surface area contributed by atoms with Crippen molar-refractivity contribution in [1.82, 2.24) is 20.2 Å². The first-order chi connectivity index (χ1) is 7.70. The summed E-state index contributed by atoms with van der Waals surface area (Å²) in [5.41, 5.74) is 7.32. The SMILES string of the molecule is CC(C)c1nc(-c2ccnc(CN)c2)n[nH]1. The maximum atomic E-state index is 5.54. The Kier molecular flexibility index (Phi) is 2.96. The zero-order valence-corrected chi connectivity index (χ0v) is 9.44. The largest absolute Gasteiger partial charge is 0.325 e. The van der Waals surface area contributed by atoms with Crippen LogP contribution in [0.2, 0.25) is 0 Å². The normalized spacial score (nSPS) is 11.0. The number of rotatable bonds is 3. The molecule has 0 aliphatic carbocycles. The van der Waals surface area contributed by atoms with Gasteiger partial charge in [0.25, 0.3) is 0 Å². The molecule has 2 heterocycles. The van der Waals surface area contributed by atoms with Gasteiger partial charge in [-0.3, -0.25) is 10.1 Å². The van der Waals surface area contributed by atoms with E-state index in [4.69, 9.17) is 5.73 Å². The summed E-state index contributed by atoms with van der Waals surface area (Å²) >= 11 is 0. The second kappa shape index (κ2) is 4.40. The van der Waals surface area contributed by atoms with Gasteiger partial charge in [0, 0.05) is 24.2 Å². The third-order valence-corrected chi connectivity index (χ3v) is 2.33. The molecular formula is C11H15N5. The minimum atomic E-state index is 0.345. The van der Waals surface area contributed by atoms with Gasteiger partial charge in [0.05, 0.1) is 5.69 Å². The number of H-pyrrole nitrogens is 1. The molecule has 84 valence electrons. The molecule has 0 bridgehead atoms. The quantitative estimate of drug-likeness (QED) is 0.815. The molecule has 0 saturated carbocycles. The molecule has 0 saturated heterocycles. The van der Waals surface area contributed by atoms with E-state index >= 15 is 0 Å². The Bertz CT molecular complexity index is 475. The lowest BCUT2D eigenvalue weighted by Gasteiger charge is -1.98. The smallest absolute Gasteiger partial charge is 0.181 e. The van der Waals surface area contributed by atoms with Gasteiger partial charge in [-0.1, -0.05) is 13.8 Å². The molecule has 0 aliphatic rings. The Morgan fingerprint density at radius 3 is 2.88 bits per heavy atom. The number of nitrogens with two attached hydrogens (primary N) is 1. The van der Waals surface area contributed by atoms with Crippen LogP contribution in [-0.2, 0) is 6.54 Å². The highest BCUT2D eigenvalue weighted by Crippen LogP contribution is 2.17. The minimum absolute atomic E-state index is 0.345. The predicted molar refractivity (Wildman–Crippen MR) is 61.6 cm³/mol. The average Bonchev–Trinajstić information content (AvgIpc) is 2.78.